The van der Waals surface area contributed by atoms with Crippen molar-refractivity contribution in [2.24, 2.45) is 0 Å². The molecule has 0 N–H and O–H groups in total. The van der Waals surface area contributed by atoms with Crippen LogP contribution in [0.4, 0.5) is 0 Å². The molecule has 0 bridgehead atoms. The third-order valence-corrected chi connectivity index (χ3v) is 5.64. The molecule has 28 heavy (non-hydrogen) atoms. The summed E-state index contributed by atoms with van der Waals surface area (Å²) in [5.41, 5.74) is 1.71. The molecule has 2 amide bonds. The molecular formula is C22H26N4O2. The summed E-state index contributed by atoms with van der Waals surface area (Å²) in [4.78, 5) is 35.8. The van der Waals surface area contributed by atoms with E-state index >= 15 is 0 Å². The predicted octanol–water partition coefficient (Wildman–Crippen LogP) is 2.03. The van der Waals surface area contributed by atoms with Gasteiger partial charge in [-0.05, 0) is 37.1 Å². The number of likely N-dealkylation sites (tertiary alicyclic amines) is 1. The SMILES string of the molecule is O=C(c1ccccn1)N1CCN(C(=O)C2CCCN2Cc2ccccc2)CC1. The number of benzene rings is 1. The molecule has 4 rings (SSSR count). The Labute approximate surface area is 165 Å². The van der Waals surface area contributed by atoms with Crippen LogP contribution in [-0.2, 0) is 11.3 Å². The summed E-state index contributed by atoms with van der Waals surface area (Å²) in [6.07, 6.45) is 3.61. The van der Waals surface area contributed by atoms with Crippen LogP contribution in [0.2, 0.25) is 0 Å². The maximum absolute atomic E-state index is 13.1. The summed E-state index contributed by atoms with van der Waals surface area (Å²) in [6.45, 7) is 4.08. The molecule has 1 aromatic heterocycles. The summed E-state index contributed by atoms with van der Waals surface area (Å²) in [5, 5.41) is 0. The van der Waals surface area contributed by atoms with Gasteiger partial charge in [-0.15, -0.1) is 0 Å². The van der Waals surface area contributed by atoms with Gasteiger partial charge in [0.1, 0.15) is 5.69 Å². The largest absolute Gasteiger partial charge is 0.338 e. The van der Waals surface area contributed by atoms with E-state index in [2.05, 4.69) is 22.0 Å². The molecule has 3 heterocycles. The van der Waals surface area contributed by atoms with Crippen LogP contribution in [0.1, 0.15) is 28.9 Å². The highest BCUT2D eigenvalue weighted by atomic mass is 16.2. The first-order valence-electron chi connectivity index (χ1n) is 9.99. The minimum atomic E-state index is -0.0562. The Balaban J connectivity index is 1.34. The van der Waals surface area contributed by atoms with Crippen LogP contribution in [0.5, 0.6) is 0 Å². The molecule has 1 aromatic carbocycles. The van der Waals surface area contributed by atoms with E-state index in [9.17, 15) is 9.59 Å². The highest BCUT2D eigenvalue weighted by molar-refractivity contribution is 5.92. The summed E-state index contributed by atoms with van der Waals surface area (Å²) >= 11 is 0. The molecule has 1 unspecified atom stereocenters. The van der Waals surface area contributed by atoms with Crippen LogP contribution < -0.4 is 0 Å². The number of nitrogens with zero attached hydrogens (tertiary/aromatic N) is 4. The number of carbonyl (C=O) groups is 2. The van der Waals surface area contributed by atoms with E-state index < -0.39 is 0 Å². The van der Waals surface area contributed by atoms with Crippen molar-refractivity contribution in [3.63, 3.8) is 0 Å². The average Bonchev–Trinajstić information content (AvgIpc) is 3.22. The molecule has 6 heteroatoms. The Morgan fingerprint density at radius 3 is 2.32 bits per heavy atom. The normalized spacial score (nSPS) is 20.4. The molecule has 1 atom stereocenters. The lowest BCUT2D eigenvalue weighted by Crippen LogP contribution is -2.54. The minimum Gasteiger partial charge on any atom is -0.338 e. The maximum Gasteiger partial charge on any atom is 0.272 e. The zero-order valence-electron chi connectivity index (χ0n) is 16.0. The Morgan fingerprint density at radius 2 is 1.61 bits per heavy atom. The quantitative estimate of drug-likeness (QED) is 0.817. The number of carbonyl (C=O) groups excluding carboxylic acids is 2. The molecule has 2 fully saturated rings. The number of hydrogen-bond donors (Lipinski definition) is 0. The van der Waals surface area contributed by atoms with E-state index in [-0.39, 0.29) is 17.9 Å². The highest BCUT2D eigenvalue weighted by Gasteiger charge is 2.35. The van der Waals surface area contributed by atoms with Gasteiger partial charge in [-0.1, -0.05) is 36.4 Å². The lowest BCUT2D eigenvalue weighted by Gasteiger charge is -2.37. The molecule has 2 aliphatic rings. The predicted molar refractivity (Wildman–Crippen MR) is 107 cm³/mol. The van der Waals surface area contributed by atoms with Gasteiger partial charge in [0, 0.05) is 38.9 Å². The van der Waals surface area contributed by atoms with Crippen LogP contribution in [0.3, 0.4) is 0 Å². The van der Waals surface area contributed by atoms with Gasteiger partial charge in [-0.25, -0.2) is 0 Å². The fourth-order valence-corrected chi connectivity index (χ4v) is 4.10. The van der Waals surface area contributed by atoms with Crippen molar-refractivity contribution < 1.29 is 9.59 Å². The first-order chi connectivity index (χ1) is 13.7. The van der Waals surface area contributed by atoms with Crippen molar-refractivity contribution in [1.29, 1.82) is 0 Å². The fraction of sp³-hybridized carbons (Fsp3) is 0.409. The van der Waals surface area contributed by atoms with Crippen molar-refractivity contribution in [3.05, 3.63) is 66.0 Å². The average molecular weight is 378 g/mol. The second-order valence-electron chi connectivity index (χ2n) is 7.45. The molecule has 6 nitrogen and oxygen atoms in total. The van der Waals surface area contributed by atoms with Crippen molar-refractivity contribution in [2.45, 2.75) is 25.4 Å². The molecule has 2 aromatic rings. The molecule has 2 saturated heterocycles. The van der Waals surface area contributed by atoms with Crippen molar-refractivity contribution in [1.82, 2.24) is 19.7 Å². The maximum atomic E-state index is 13.1. The van der Waals surface area contributed by atoms with Gasteiger partial charge in [0.2, 0.25) is 5.91 Å². The van der Waals surface area contributed by atoms with Crippen molar-refractivity contribution >= 4 is 11.8 Å². The summed E-state index contributed by atoms with van der Waals surface area (Å²) in [7, 11) is 0. The smallest absolute Gasteiger partial charge is 0.272 e. The van der Waals surface area contributed by atoms with Gasteiger partial charge in [0.05, 0.1) is 6.04 Å². The Hall–Kier alpha value is -2.73. The molecule has 0 spiro atoms. The van der Waals surface area contributed by atoms with Crippen LogP contribution in [0.25, 0.3) is 0 Å². The second kappa shape index (κ2) is 8.52. The third-order valence-electron chi connectivity index (χ3n) is 5.64. The molecule has 0 radical (unpaired) electrons. The van der Waals surface area contributed by atoms with Gasteiger partial charge in [-0.3, -0.25) is 19.5 Å². The Kier molecular flexibility index (Phi) is 5.67. The number of aromatic nitrogens is 1. The zero-order valence-corrected chi connectivity index (χ0v) is 16.0. The Bertz CT molecular complexity index is 804. The van der Waals surface area contributed by atoms with Crippen LogP contribution in [0.15, 0.2) is 54.7 Å². The number of hydrogen-bond acceptors (Lipinski definition) is 4. The van der Waals surface area contributed by atoms with Crippen LogP contribution in [-0.4, -0.2) is 70.3 Å². The number of rotatable bonds is 4. The topological polar surface area (TPSA) is 56.8 Å². The Morgan fingerprint density at radius 1 is 0.893 bits per heavy atom. The monoisotopic (exact) mass is 378 g/mol. The fourth-order valence-electron chi connectivity index (χ4n) is 4.10. The third kappa shape index (κ3) is 4.07. The molecule has 2 aliphatic heterocycles. The number of amides is 2. The van der Waals surface area contributed by atoms with E-state index in [1.807, 2.05) is 29.2 Å². The number of piperazine rings is 1. The van der Waals surface area contributed by atoms with Crippen LogP contribution in [0, 0.1) is 0 Å². The lowest BCUT2D eigenvalue weighted by atomic mass is 10.1. The second-order valence-corrected chi connectivity index (χ2v) is 7.45. The lowest BCUT2D eigenvalue weighted by molar-refractivity contribution is -0.137. The summed E-state index contributed by atoms with van der Waals surface area (Å²) < 4.78 is 0. The van der Waals surface area contributed by atoms with Gasteiger partial charge in [0.15, 0.2) is 0 Å². The standard InChI is InChI=1S/C22H26N4O2/c27-21(19-9-4-5-11-23-19)24-13-15-25(16-14-24)22(28)20-10-6-12-26(20)17-18-7-2-1-3-8-18/h1-5,7-9,11,20H,6,10,12-17H2. The van der Waals surface area contributed by atoms with Gasteiger partial charge < -0.3 is 9.80 Å². The first kappa shape index (κ1) is 18.6. The van der Waals surface area contributed by atoms with Crippen molar-refractivity contribution in [2.75, 3.05) is 32.7 Å². The van der Waals surface area contributed by atoms with Crippen LogP contribution >= 0.6 is 0 Å². The van der Waals surface area contributed by atoms with Gasteiger partial charge in [0.25, 0.3) is 5.91 Å². The van der Waals surface area contributed by atoms with Gasteiger partial charge in [-0.2, -0.15) is 0 Å². The molecule has 0 aliphatic carbocycles. The van der Waals surface area contributed by atoms with Gasteiger partial charge >= 0.3 is 0 Å². The molecule has 0 saturated carbocycles. The van der Waals surface area contributed by atoms with E-state index in [0.717, 1.165) is 25.9 Å². The zero-order chi connectivity index (χ0) is 19.3. The van der Waals surface area contributed by atoms with E-state index in [0.29, 0.717) is 31.9 Å². The minimum absolute atomic E-state index is 0.0433. The molecule has 146 valence electrons. The van der Waals surface area contributed by atoms with E-state index in [1.54, 1.807) is 23.2 Å². The number of pyridine rings is 1. The van der Waals surface area contributed by atoms with E-state index in [4.69, 9.17) is 0 Å². The van der Waals surface area contributed by atoms with E-state index in [1.165, 1.54) is 5.56 Å². The highest BCUT2D eigenvalue weighted by Crippen LogP contribution is 2.22. The van der Waals surface area contributed by atoms with Crippen molar-refractivity contribution in [3.8, 4) is 0 Å². The first-order valence-corrected chi connectivity index (χ1v) is 9.99. The molecular weight excluding hydrogens is 352 g/mol. The summed E-state index contributed by atoms with van der Waals surface area (Å²) in [5.74, 6) is 0.151. The summed E-state index contributed by atoms with van der Waals surface area (Å²) in [6, 6.07) is 15.6.